The second kappa shape index (κ2) is 16.9. The predicted molar refractivity (Wildman–Crippen MR) is 197 cm³/mol. The monoisotopic (exact) mass is 720 g/mol. The van der Waals surface area contributed by atoms with Gasteiger partial charge in [0.1, 0.15) is 28.8 Å². The lowest BCUT2D eigenvalue weighted by Crippen LogP contribution is -2.47. The van der Waals surface area contributed by atoms with E-state index < -0.39 is 11.4 Å². The van der Waals surface area contributed by atoms with Crippen LogP contribution in [0.1, 0.15) is 68.7 Å². The number of aromatic nitrogens is 2. The number of amides is 2. The van der Waals surface area contributed by atoms with Crippen molar-refractivity contribution in [1.29, 1.82) is 0 Å². The van der Waals surface area contributed by atoms with E-state index in [0.29, 0.717) is 59.4 Å². The number of aromatic amines is 1. The maximum atomic E-state index is 15.0. The summed E-state index contributed by atoms with van der Waals surface area (Å²) >= 11 is 1.76. The van der Waals surface area contributed by atoms with E-state index in [2.05, 4.69) is 48.6 Å². The molecule has 0 radical (unpaired) electrons. The number of hydrogen-bond acceptors (Lipinski definition) is 10. The number of rotatable bonds is 12. The van der Waals surface area contributed by atoms with Crippen LogP contribution in [-0.4, -0.2) is 102 Å². The number of ether oxygens (including phenoxy) is 2. The van der Waals surface area contributed by atoms with Crippen molar-refractivity contribution in [2.75, 3.05) is 64.4 Å². The van der Waals surface area contributed by atoms with Crippen LogP contribution < -0.4 is 20.9 Å². The minimum atomic E-state index is -0.603. The standard InChI is InChI=1S/C38H49FN6O5S/c39-31-21-29(22-33-36(31)38(48)42-34(41-33)24-51-30-10-18-49-19-11-30)50-23-25-6-12-44(13-7-25)16-17-45-14-8-26(9-15-45)27-2-1-3-28(20-27)40-32-4-5-35(46)43-37(32)47/h1-3,20-22,25-26,30,32,40H,4-19,23-24H2,(H,41,42,48)(H,43,46,47). The maximum absolute atomic E-state index is 15.0. The fraction of sp³-hybridized carbons (Fsp3) is 0.579. The third-order valence-electron chi connectivity index (χ3n) is 10.9. The molecule has 5 heterocycles. The predicted octanol–water partition coefficient (Wildman–Crippen LogP) is 4.66. The van der Waals surface area contributed by atoms with Crippen molar-refractivity contribution in [3.8, 4) is 5.75 Å². The largest absolute Gasteiger partial charge is 0.493 e. The quantitative estimate of drug-likeness (QED) is 0.227. The Bertz CT molecular complexity index is 1740. The van der Waals surface area contributed by atoms with E-state index in [-0.39, 0.29) is 23.2 Å². The fourth-order valence-electron chi connectivity index (χ4n) is 7.72. The van der Waals surface area contributed by atoms with Crippen LogP contribution in [0.5, 0.6) is 5.75 Å². The van der Waals surface area contributed by atoms with E-state index in [1.807, 2.05) is 6.07 Å². The summed E-state index contributed by atoms with van der Waals surface area (Å²) in [5.74, 6) is 1.39. The van der Waals surface area contributed by atoms with Crippen molar-refractivity contribution in [2.45, 2.75) is 74.3 Å². The minimum Gasteiger partial charge on any atom is -0.493 e. The number of anilines is 1. The molecule has 1 unspecified atom stereocenters. The normalized spacial score (nSPS) is 21.9. The highest BCUT2D eigenvalue weighted by Crippen LogP contribution is 2.31. The van der Waals surface area contributed by atoms with Gasteiger partial charge in [0.25, 0.3) is 5.56 Å². The molecule has 2 amide bonds. The first-order valence-electron chi connectivity index (χ1n) is 18.6. The lowest BCUT2D eigenvalue weighted by atomic mass is 9.89. The van der Waals surface area contributed by atoms with Crippen LogP contribution in [0.2, 0.25) is 0 Å². The SMILES string of the molecule is O=C1CCC(Nc2cccc(C3CCN(CCN4CCC(COc5cc(F)c6c(=O)[nH]c(CSC7CCOCC7)nc6c5)CC4)CC3)c2)C(=O)N1. The average molecular weight is 721 g/mol. The van der Waals surface area contributed by atoms with Gasteiger partial charge in [-0.15, -0.1) is 0 Å². The molecule has 0 bridgehead atoms. The number of likely N-dealkylation sites (tertiary alicyclic amines) is 2. The second-order valence-corrected chi connectivity index (χ2v) is 15.7. The van der Waals surface area contributed by atoms with Crippen molar-refractivity contribution in [3.63, 3.8) is 0 Å². The molecule has 3 N–H and O–H groups in total. The highest BCUT2D eigenvalue weighted by molar-refractivity contribution is 7.99. The number of hydrogen-bond donors (Lipinski definition) is 3. The Kier molecular flexibility index (Phi) is 11.9. The van der Waals surface area contributed by atoms with Crippen molar-refractivity contribution in [3.05, 3.63) is 64.0 Å². The van der Waals surface area contributed by atoms with Gasteiger partial charge in [0.05, 0.1) is 17.9 Å². The van der Waals surface area contributed by atoms with E-state index in [4.69, 9.17) is 9.47 Å². The number of carbonyl (C=O) groups is 2. The molecule has 0 aliphatic carbocycles. The molecule has 2 aromatic carbocycles. The molecule has 274 valence electrons. The fourth-order valence-corrected chi connectivity index (χ4v) is 8.77. The first-order chi connectivity index (χ1) is 24.9. The van der Waals surface area contributed by atoms with Crippen molar-refractivity contribution >= 4 is 40.2 Å². The number of fused-ring (bicyclic) bond motifs is 1. The van der Waals surface area contributed by atoms with Crippen molar-refractivity contribution in [2.24, 2.45) is 5.92 Å². The van der Waals surface area contributed by atoms with Gasteiger partial charge in [0.2, 0.25) is 11.8 Å². The molecule has 4 fully saturated rings. The Balaban J connectivity index is 0.823. The number of piperidine rings is 3. The third kappa shape index (κ3) is 9.48. The lowest BCUT2D eigenvalue weighted by Gasteiger charge is -2.36. The van der Waals surface area contributed by atoms with Gasteiger partial charge in [-0.3, -0.25) is 19.7 Å². The Labute approximate surface area is 302 Å². The van der Waals surface area contributed by atoms with Crippen LogP contribution in [0, 0.1) is 11.7 Å². The molecule has 4 aliphatic rings. The molecule has 3 aromatic rings. The second-order valence-electron chi connectivity index (χ2n) is 14.4. The first-order valence-corrected chi connectivity index (χ1v) is 19.6. The summed E-state index contributed by atoms with van der Waals surface area (Å²) in [4.78, 5) is 48.8. The summed E-state index contributed by atoms with van der Waals surface area (Å²) in [6.45, 7) is 8.34. The molecule has 4 saturated heterocycles. The zero-order valence-electron chi connectivity index (χ0n) is 29.2. The van der Waals surface area contributed by atoms with Gasteiger partial charge in [-0.05, 0) is 101 Å². The number of thioether (sulfide) groups is 1. The summed E-state index contributed by atoms with van der Waals surface area (Å²) in [6.07, 6.45) is 7.14. The summed E-state index contributed by atoms with van der Waals surface area (Å²) in [6, 6.07) is 11.0. The highest BCUT2D eigenvalue weighted by atomic mass is 32.2. The molecule has 4 aliphatic heterocycles. The molecular weight excluding hydrogens is 672 g/mol. The first kappa shape index (κ1) is 35.9. The van der Waals surface area contributed by atoms with Crippen LogP contribution in [-0.2, 0) is 20.1 Å². The summed E-state index contributed by atoms with van der Waals surface area (Å²) in [5, 5.41) is 6.20. The van der Waals surface area contributed by atoms with E-state index in [9.17, 15) is 14.4 Å². The molecule has 13 heteroatoms. The summed E-state index contributed by atoms with van der Waals surface area (Å²) in [7, 11) is 0. The highest BCUT2D eigenvalue weighted by Gasteiger charge is 2.27. The molecule has 0 saturated carbocycles. The van der Waals surface area contributed by atoms with E-state index >= 15 is 4.39 Å². The Morgan fingerprint density at radius 1 is 0.941 bits per heavy atom. The summed E-state index contributed by atoms with van der Waals surface area (Å²) < 4.78 is 26.5. The van der Waals surface area contributed by atoms with Crippen LogP contribution in [0.15, 0.2) is 41.2 Å². The molecule has 7 rings (SSSR count). The lowest BCUT2D eigenvalue weighted by molar-refractivity contribution is -0.133. The van der Waals surface area contributed by atoms with Gasteiger partial charge < -0.3 is 29.6 Å². The van der Waals surface area contributed by atoms with Crippen LogP contribution in [0.25, 0.3) is 10.9 Å². The number of benzene rings is 2. The zero-order chi connectivity index (χ0) is 35.2. The Morgan fingerprint density at radius 3 is 2.43 bits per heavy atom. The number of imide groups is 1. The summed E-state index contributed by atoms with van der Waals surface area (Å²) in [5.41, 5.74) is 2.12. The van der Waals surface area contributed by atoms with Gasteiger partial charge in [-0.1, -0.05) is 12.1 Å². The van der Waals surface area contributed by atoms with Gasteiger partial charge >= 0.3 is 0 Å². The molecule has 0 spiro atoms. The molecule has 1 aromatic heterocycles. The number of carbonyl (C=O) groups excluding carboxylic acids is 2. The van der Waals surface area contributed by atoms with Crippen LogP contribution in [0.4, 0.5) is 10.1 Å². The number of nitrogens with zero attached hydrogens (tertiary/aromatic N) is 3. The Morgan fingerprint density at radius 2 is 1.69 bits per heavy atom. The molecule has 11 nitrogen and oxygen atoms in total. The molecule has 51 heavy (non-hydrogen) atoms. The van der Waals surface area contributed by atoms with E-state index in [0.717, 1.165) is 96.7 Å². The average Bonchev–Trinajstić information content (AvgIpc) is 3.14. The number of nitrogens with one attached hydrogen (secondary N) is 3. The van der Waals surface area contributed by atoms with E-state index in [1.165, 1.54) is 11.6 Å². The zero-order valence-corrected chi connectivity index (χ0v) is 30.0. The smallest absolute Gasteiger partial charge is 0.261 e. The molecular formula is C38H49FN6O5S. The number of H-pyrrole nitrogens is 1. The van der Waals surface area contributed by atoms with Gasteiger partial charge in [0.15, 0.2) is 0 Å². The Hall–Kier alpha value is -3.52. The third-order valence-corrected chi connectivity index (χ3v) is 12.2. The molecule has 1 atom stereocenters. The topological polar surface area (TPSA) is 129 Å². The van der Waals surface area contributed by atoms with Crippen molar-refractivity contribution < 1.29 is 23.5 Å². The number of halogens is 1. The van der Waals surface area contributed by atoms with Crippen LogP contribution in [0.3, 0.4) is 0 Å². The van der Waals surface area contributed by atoms with Crippen molar-refractivity contribution in [1.82, 2.24) is 25.1 Å². The minimum absolute atomic E-state index is 0.0202. The van der Waals surface area contributed by atoms with E-state index in [1.54, 1.807) is 17.8 Å². The van der Waals surface area contributed by atoms with Gasteiger partial charge in [-0.2, -0.15) is 11.8 Å². The van der Waals surface area contributed by atoms with Crippen LogP contribution >= 0.6 is 11.8 Å². The maximum Gasteiger partial charge on any atom is 0.261 e. The van der Waals surface area contributed by atoms with Gasteiger partial charge in [0, 0.05) is 55.8 Å². The van der Waals surface area contributed by atoms with Gasteiger partial charge in [-0.25, -0.2) is 9.37 Å².